The molecule has 1 saturated carbocycles. The van der Waals surface area contributed by atoms with Gasteiger partial charge in [-0.1, -0.05) is 11.6 Å². The number of cyclic esters (lactones) is 1. The van der Waals surface area contributed by atoms with Gasteiger partial charge in [0.25, 0.3) is 5.91 Å². The van der Waals surface area contributed by atoms with Crippen molar-refractivity contribution in [2.24, 2.45) is 5.92 Å². The van der Waals surface area contributed by atoms with E-state index >= 15 is 4.39 Å². The van der Waals surface area contributed by atoms with Gasteiger partial charge in [-0.3, -0.25) is 4.79 Å². The molecule has 2 aromatic rings. The lowest BCUT2D eigenvalue weighted by molar-refractivity contribution is 0.0824. The van der Waals surface area contributed by atoms with Crippen LogP contribution in [-0.2, 0) is 4.74 Å². The second kappa shape index (κ2) is 9.43. The first-order chi connectivity index (χ1) is 15.8. The molecular formula is C23H27ClFN5O3. The first-order valence-electron chi connectivity index (χ1n) is 10.9. The molecule has 1 aliphatic carbocycles. The van der Waals surface area contributed by atoms with E-state index < -0.39 is 11.7 Å². The van der Waals surface area contributed by atoms with Gasteiger partial charge in [0.05, 0.1) is 17.1 Å². The van der Waals surface area contributed by atoms with Crippen LogP contribution in [0.4, 0.5) is 20.7 Å². The van der Waals surface area contributed by atoms with Crippen molar-refractivity contribution in [2.45, 2.75) is 25.3 Å². The third-order valence-corrected chi connectivity index (χ3v) is 6.57. The minimum absolute atomic E-state index is 0.0642. The molecule has 0 bridgehead atoms. The Kier molecular flexibility index (Phi) is 6.60. The molecule has 1 aliphatic heterocycles. The van der Waals surface area contributed by atoms with Crippen molar-refractivity contribution >= 4 is 35.1 Å². The summed E-state index contributed by atoms with van der Waals surface area (Å²) >= 11 is 6.46. The van der Waals surface area contributed by atoms with Crippen LogP contribution in [0, 0.1) is 11.7 Å². The lowest BCUT2D eigenvalue weighted by Crippen LogP contribution is -2.34. The summed E-state index contributed by atoms with van der Waals surface area (Å²) in [6.07, 6.45) is 4.14. The second-order valence-electron chi connectivity index (χ2n) is 8.66. The summed E-state index contributed by atoms with van der Waals surface area (Å²) in [6.45, 7) is 1.82. The summed E-state index contributed by atoms with van der Waals surface area (Å²) in [4.78, 5) is 31.6. The van der Waals surface area contributed by atoms with Crippen LogP contribution >= 0.6 is 11.6 Å². The van der Waals surface area contributed by atoms with E-state index in [1.54, 1.807) is 6.07 Å². The van der Waals surface area contributed by atoms with Crippen molar-refractivity contribution in [2.75, 3.05) is 44.8 Å². The Balaban J connectivity index is 1.44. The van der Waals surface area contributed by atoms with E-state index in [1.807, 2.05) is 4.90 Å². The highest BCUT2D eigenvalue weighted by atomic mass is 35.5. The molecule has 2 fully saturated rings. The molecule has 3 N–H and O–H groups in total. The highest BCUT2D eigenvalue weighted by Gasteiger charge is 2.35. The number of nitrogens with one attached hydrogen (secondary N) is 1. The molecular weight excluding hydrogens is 449 g/mol. The number of hydrogen-bond donors (Lipinski definition) is 2. The number of aromatic nitrogens is 1. The van der Waals surface area contributed by atoms with Crippen molar-refractivity contribution in [3.05, 3.63) is 40.8 Å². The average molecular weight is 476 g/mol. The summed E-state index contributed by atoms with van der Waals surface area (Å²) in [7, 11) is 3.07. The molecule has 33 heavy (non-hydrogen) atoms. The average Bonchev–Trinajstić information content (AvgIpc) is 3.41. The number of nitrogens with zero attached hydrogens (tertiary/aromatic N) is 3. The number of benzene rings is 1. The van der Waals surface area contributed by atoms with Gasteiger partial charge in [0.15, 0.2) is 0 Å². The smallest absolute Gasteiger partial charge is 0.410 e. The fourth-order valence-corrected chi connectivity index (χ4v) is 4.72. The van der Waals surface area contributed by atoms with Gasteiger partial charge < -0.3 is 25.6 Å². The maximum atomic E-state index is 15.2. The van der Waals surface area contributed by atoms with Crippen molar-refractivity contribution in [1.82, 2.24) is 14.8 Å². The Morgan fingerprint density at radius 2 is 2.15 bits per heavy atom. The van der Waals surface area contributed by atoms with Gasteiger partial charge in [0, 0.05) is 49.7 Å². The molecule has 2 unspecified atom stereocenters. The Labute approximate surface area is 196 Å². The van der Waals surface area contributed by atoms with Gasteiger partial charge in [-0.15, -0.1) is 0 Å². The minimum atomic E-state index is -0.726. The third-order valence-electron chi connectivity index (χ3n) is 6.26. The molecule has 8 nitrogen and oxygen atoms in total. The first-order valence-corrected chi connectivity index (χ1v) is 11.3. The number of rotatable bonds is 6. The topological polar surface area (TPSA) is 101 Å². The van der Waals surface area contributed by atoms with Crippen LogP contribution in [0.5, 0.6) is 0 Å². The molecule has 2 atom stereocenters. The highest BCUT2D eigenvalue weighted by molar-refractivity contribution is 6.33. The molecule has 0 spiro atoms. The van der Waals surface area contributed by atoms with Crippen LogP contribution in [-0.4, -0.2) is 66.6 Å². The first kappa shape index (κ1) is 23.1. The second-order valence-corrected chi connectivity index (χ2v) is 9.07. The summed E-state index contributed by atoms with van der Waals surface area (Å²) in [5, 5.41) is 3.60. The van der Waals surface area contributed by atoms with Crippen molar-refractivity contribution < 1.29 is 18.7 Å². The molecule has 2 amide bonds. The lowest BCUT2D eigenvalue weighted by atomic mass is 10.0. The third kappa shape index (κ3) is 4.68. The number of anilines is 2. The molecule has 2 heterocycles. The van der Waals surface area contributed by atoms with Crippen LogP contribution in [0.2, 0.25) is 5.02 Å². The Morgan fingerprint density at radius 1 is 1.36 bits per heavy atom. The molecule has 1 aromatic carbocycles. The number of amides is 2. The fraction of sp³-hybridized carbons (Fsp3) is 0.435. The van der Waals surface area contributed by atoms with E-state index in [4.69, 9.17) is 22.1 Å². The van der Waals surface area contributed by atoms with Gasteiger partial charge in [-0.05, 0) is 43.4 Å². The molecule has 10 heteroatoms. The minimum Gasteiger partial charge on any atom is -0.448 e. The van der Waals surface area contributed by atoms with Gasteiger partial charge in [-0.25, -0.2) is 14.2 Å². The van der Waals surface area contributed by atoms with E-state index in [0.717, 1.165) is 19.3 Å². The number of pyridine rings is 1. The van der Waals surface area contributed by atoms with Gasteiger partial charge >= 0.3 is 6.09 Å². The predicted molar refractivity (Wildman–Crippen MR) is 125 cm³/mol. The van der Waals surface area contributed by atoms with E-state index in [-0.39, 0.29) is 28.9 Å². The highest BCUT2D eigenvalue weighted by Crippen LogP contribution is 2.35. The lowest BCUT2D eigenvalue weighted by Gasteiger charge is -2.21. The molecule has 4 rings (SSSR count). The van der Waals surface area contributed by atoms with E-state index in [2.05, 4.69) is 10.3 Å². The van der Waals surface area contributed by atoms with Crippen LogP contribution in [0.3, 0.4) is 0 Å². The Hall–Kier alpha value is -3.07. The largest absolute Gasteiger partial charge is 0.448 e. The predicted octanol–water partition coefficient (Wildman–Crippen LogP) is 3.86. The molecule has 1 aromatic heterocycles. The van der Waals surface area contributed by atoms with Crippen molar-refractivity contribution in [3.8, 4) is 11.1 Å². The molecule has 1 saturated heterocycles. The normalized spacial score (nSPS) is 20.1. The number of halogens is 2. The number of carbonyl (C=O) groups excluding carboxylic acids is 2. The van der Waals surface area contributed by atoms with Gasteiger partial charge in [0.2, 0.25) is 0 Å². The van der Waals surface area contributed by atoms with Crippen LogP contribution < -0.4 is 11.1 Å². The van der Waals surface area contributed by atoms with Crippen LogP contribution in [0.25, 0.3) is 11.1 Å². The number of nitrogens with two attached hydrogens (primary N) is 1. The monoisotopic (exact) mass is 475 g/mol. The van der Waals surface area contributed by atoms with Gasteiger partial charge in [0.1, 0.15) is 18.2 Å². The van der Waals surface area contributed by atoms with E-state index in [9.17, 15) is 9.59 Å². The number of hydrogen-bond acceptors (Lipinski definition) is 6. The fourth-order valence-electron chi connectivity index (χ4n) is 4.47. The molecule has 2 aliphatic rings. The summed E-state index contributed by atoms with van der Waals surface area (Å²) in [6, 6.07) is 4.85. The standard InChI is InChI=1S/C23H27ClFN5O3/c1-29(2)22(31)20-18(26)6-5-15(21(20)25)16-12-28-19(10-17(16)24)27-11-13-3-4-14(9-13)30-7-8-33-23(30)32/h5-6,10,12-14H,3-4,7-9,11,26H2,1-2H3,(H,27,28). The Bertz CT molecular complexity index is 1080. The summed E-state index contributed by atoms with van der Waals surface area (Å²) in [5.41, 5.74) is 6.27. The molecule has 0 radical (unpaired) electrons. The summed E-state index contributed by atoms with van der Waals surface area (Å²) in [5.74, 6) is -0.271. The van der Waals surface area contributed by atoms with Crippen LogP contribution in [0.15, 0.2) is 24.4 Å². The number of ether oxygens (including phenoxy) is 1. The quantitative estimate of drug-likeness (QED) is 0.615. The van der Waals surface area contributed by atoms with E-state index in [1.165, 1.54) is 37.3 Å². The van der Waals surface area contributed by atoms with Crippen molar-refractivity contribution in [1.29, 1.82) is 0 Å². The SMILES string of the molecule is CN(C)C(=O)c1c(N)ccc(-c2cnc(NCC3CCC(N4CCOC4=O)C3)cc2Cl)c1F. The Morgan fingerprint density at radius 3 is 2.82 bits per heavy atom. The maximum Gasteiger partial charge on any atom is 0.410 e. The van der Waals surface area contributed by atoms with Crippen molar-refractivity contribution in [3.63, 3.8) is 0 Å². The maximum absolute atomic E-state index is 15.2. The van der Waals surface area contributed by atoms with E-state index in [0.29, 0.717) is 42.0 Å². The zero-order valence-electron chi connectivity index (χ0n) is 18.6. The summed E-state index contributed by atoms with van der Waals surface area (Å²) < 4.78 is 20.2. The number of carbonyl (C=O) groups is 2. The van der Waals surface area contributed by atoms with Crippen LogP contribution in [0.1, 0.15) is 29.6 Å². The molecule has 176 valence electrons. The number of nitrogen functional groups attached to an aromatic ring is 1. The zero-order valence-corrected chi connectivity index (χ0v) is 19.4. The van der Waals surface area contributed by atoms with Gasteiger partial charge in [-0.2, -0.15) is 0 Å². The zero-order chi connectivity index (χ0) is 23.7.